The molecule has 0 bridgehead atoms. The third kappa shape index (κ3) is 3.66. The molecule has 1 atom stereocenters. The predicted octanol–water partition coefficient (Wildman–Crippen LogP) is 3.62. The zero-order valence-corrected chi connectivity index (χ0v) is 13.5. The Morgan fingerprint density at radius 3 is 2.80 bits per heavy atom. The molecular weight excluding hydrogens is 295 g/mol. The highest BCUT2D eigenvalue weighted by Crippen LogP contribution is 2.39. The lowest BCUT2D eigenvalue weighted by Gasteiger charge is -2.24. The van der Waals surface area contributed by atoms with Crippen LogP contribution >= 0.6 is 23.2 Å². The average Bonchev–Trinajstić information content (AvgIpc) is 2.72. The minimum absolute atomic E-state index is 0.189. The lowest BCUT2D eigenvalue weighted by atomic mass is 10.0. The Morgan fingerprint density at radius 2 is 2.15 bits per heavy atom. The second-order valence-electron chi connectivity index (χ2n) is 5.46. The summed E-state index contributed by atoms with van der Waals surface area (Å²) in [6, 6.07) is 3.99. The topological polar surface area (TPSA) is 38.5 Å². The first-order valence-corrected chi connectivity index (χ1v) is 7.82. The van der Waals surface area contributed by atoms with Crippen LogP contribution in [0.1, 0.15) is 37.4 Å². The highest BCUT2D eigenvalue weighted by molar-refractivity contribution is 6.35. The second-order valence-corrected chi connectivity index (χ2v) is 6.30. The molecule has 1 aliphatic heterocycles. The second kappa shape index (κ2) is 7.10. The fourth-order valence-corrected chi connectivity index (χ4v) is 3.40. The van der Waals surface area contributed by atoms with Crippen molar-refractivity contribution in [2.75, 3.05) is 19.7 Å². The number of fused-ring (bicyclic) bond motifs is 1. The smallest absolute Gasteiger partial charge is 0.0518 e. The van der Waals surface area contributed by atoms with Crippen molar-refractivity contribution in [3.05, 3.63) is 33.3 Å². The number of hydrogen-bond donors (Lipinski definition) is 1. The molecule has 2 N–H and O–H groups in total. The van der Waals surface area contributed by atoms with Gasteiger partial charge in [0.05, 0.1) is 6.10 Å². The molecule has 1 aliphatic rings. The van der Waals surface area contributed by atoms with Gasteiger partial charge in [-0.3, -0.25) is 4.90 Å². The summed E-state index contributed by atoms with van der Waals surface area (Å²) < 4.78 is 5.59. The number of hydrogen-bond acceptors (Lipinski definition) is 3. The standard InChI is InChI=1S/C15H22Cl2N2O/c1-10(2)20-5-3-4-19-9-11-6-12(16)7-13(17)15(11)14(19)8-18/h6-7,10,14H,3-5,8-9,18H2,1-2H3. The van der Waals surface area contributed by atoms with Gasteiger partial charge < -0.3 is 10.5 Å². The molecular formula is C15H22Cl2N2O. The number of halogens is 2. The van der Waals surface area contributed by atoms with Crippen molar-refractivity contribution >= 4 is 23.2 Å². The van der Waals surface area contributed by atoms with E-state index in [0.29, 0.717) is 11.6 Å². The highest BCUT2D eigenvalue weighted by Gasteiger charge is 2.31. The molecule has 1 aromatic carbocycles. The fourth-order valence-electron chi connectivity index (χ4n) is 2.74. The lowest BCUT2D eigenvalue weighted by Crippen LogP contribution is -2.29. The molecule has 20 heavy (non-hydrogen) atoms. The van der Waals surface area contributed by atoms with Gasteiger partial charge in [0.1, 0.15) is 0 Å². The fraction of sp³-hybridized carbons (Fsp3) is 0.600. The van der Waals surface area contributed by atoms with Crippen LogP contribution in [0, 0.1) is 0 Å². The van der Waals surface area contributed by atoms with E-state index in [-0.39, 0.29) is 12.1 Å². The molecule has 0 spiro atoms. The first kappa shape index (κ1) is 16.1. The van der Waals surface area contributed by atoms with E-state index in [9.17, 15) is 0 Å². The Morgan fingerprint density at radius 1 is 1.40 bits per heavy atom. The minimum atomic E-state index is 0.189. The predicted molar refractivity (Wildman–Crippen MR) is 84.4 cm³/mol. The molecule has 0 aliphatic carbocycles. The van der Waals surface area contributed by atoms with Gasteiger partial charge in [-0.15, -0.1) is 0 Å². The summed E-state index contributed by atoms with van der Waals surface area (Å²) in [7, 11) is 0. The average molecular weight is 317 g/mol. The quantitative estimate of drug-likeness (QED) is 0.814. The van der Waals surface area contributed by atoms with Gasteiger partial charge in [0, 0.05) is 42.3 Å². The molecule has 0 radical (unpaired) electrons. The molecule has 1 unspecified atom stereocenters. The molecule has 5 heteroatoms. The molecule has 0 saturated carbocycles. The van der Waals surface area contributed by atoms with Crippen LogP contribution in [0.25, 0.3) is 0 Å². The Balaban J connectivity index is 2.02. The summed E-state index contributed by atoms with van der Waals surface area (Å²) in [5.41, 5.74) is 8.27. The van der Waals surface area contributed by atoms with Gasteiger partial charge in [-0.1, -0.05) is 23.2 Å². The van der Waals surface area contributed by atoms with Crippen LogP contribution in [0.3, 0.4) is 0 Å². The normalized spacial score (nSPS) is 18.8. The molecule has 112 valence electrons. The van der Waals surface area contributed by atoms with Crippen molar-refractivity contribution in [2.45, 2.75) is 39.0 Å². The van der Waals surface area contributed by atoms with Crippen molar-refractivity contribution in [1.82, 2.24) is 4.90 Å². The Hall–Kier alpha value is -0.320. The number of nitrogens with zero attached hydrogens (tertiary/aromatic N) is 1. The Kier molecular flexibility index (Phi) is 5.70. The highest BCUT2D eigenvalue weighted by atomic mass is 35.5. The summed E-state index contributed by atoms with van der Waals surface area (Å²) in [5, 5.41) is 1.42. The summed E-state index contributed by atoms with van der Waals surface area (Å²) in [6.07, 6.45) is 1.28. The largest absolute Gasteiger partial charge is 0.379 e. The van der Waals surface area contributed by atoms with Gasteiger partial charge in [-0.05, 0) is 43.5 Å². The van der Waals surface area contributed by atoms with E-state index in [1.807, 2.05) is 6.07 Å². The van der Waals surface area contributed by atoms with E-state index < -0.39 is 0 Å². The van der Waals surface area contributed by atoms with Gasteiger partial charge in [-0.25, -0.2) is 0 Å². The van der Waals surface area contributed by atoms with Crippen molar-refractivity contribution in [2.24, 2.45) is 5.73 Å². The molecule has 0 fully saturated rings. The van der Waals surface area contributed by atoms with E-state index in [4.69, 9.17) is 33.7 Å². The molecule has 1 heterocycles. The van der Waals surface area contributed by atoms with E-state index in [1.165, 1.54) is 5.56 Å². The molecule has 1 aromatic rings. The van der Waals surface area contributed by atoms with Crippen LogP contribution in [0.5, 0.6) is 0 Å². The number of nitrogens with two attached hydrogens (primary N) is 1. The number of rotatable bonds is 6. The van der Waals surface area contributed by atoms with Gasteiger partial charge in [0.25, 0.3) is 0 Å². The SMILES string of the molecule is CC(C)OCCCN1Cc2cc(Cl)cc(Cl)c2C1CN. The maximum Gasteiger partial charge on any atom is 0.0518 e. The summed E-state index contributed by atoms with van der Waals surface area (Å²) in [6.45, 7) is 7.26. The monoisotopic (exact) mass is 316 g/mol. The summed E-state index contributed by atoms with van der Waals surface area (Å²) in [5.74, 6) is 0. The maximum absolute atomic E-state index is 6.33. The van der Waals surface area contributed by atoms with Crippen molar-refractivity contribution < 1.29 is 4.74 Å². The molecule has 3 nitrogen and oxygen atoms in total. The van der Waals surface area contributed by atoms with E-state index in [1.54, 1.807) is 6.07 Å². The van der Waals surface area contributed by atoms with Crippen molar-refractivity contribution in [1.29, 1.82) is 0 Å². The summed E-state index contributed by atoms with van der Waals surface area (Å²) >= 11 is 12.4. The molecule has 2 rings (SSSR count). The maximum atomic E-state index is 6.33. The van der Waals surface area contributed by atoms with Gasteiger partial charge in [0.15, 0.2) is 0 Å². The first-order valence-electron chi connectivity index (χ1n) is 7.06. The van der Waals surface area contributed by atoms with Crippen molar-refractivity contribution in [3.63, 3.8) is 0 Å². The number of ether oxygens (including phenoxy) is 1. The van der Waals surface area contributed by atoms with E-state index >= 15 is 0 Å². The van der Waals surface area contributed by atoms with Gasteiger partial charge >= 0.3 is 0 Å². The molecule has 0 aromatic heterocycles. The Bertz CT molecular complexity index is 465. The summed E-state index contributed by atoms with van der Waals surface area (Å²) in [4.78, 5) is 2.36. The van der Waals surface area contributed by atoms with Crippen molar-refractivity contribution in [3.8, 4) is 0 Å². The Labute approximate surface area is 131 Å². The molecule has 0 saturated heterocycles. The van der Waals surface area contributed by atoms with Gasteiger partial charge in [0.2, 0.25) is 0 Å². The zero-order valence-electron chi connectivity index (χ0n) is 12.0. The zero-order chi connectivity index (χ0) is 14.7. The van der Waals surface area contributed by atoms with Gasteiger partial charge in [-0.2, -0.15) is 0 Å². The lowest BCUT2D eigenvalue weighted by molar-refractivity contribution is 0.0675. The number of benzene rings is 1. The van der Waals surface area contributed by atoms with Crippen LogP contribution in [0.15, 0.2) is 12.1 Å². The third-order valence-electron chi connectivity index (χ3n) is 3.59. The third-order valence-corrected chi connectivity index (χ3v) is 4.12. The van der Waals surface area contributed by atoms with Crippen LogP contribution in [0.2, 0.25) is 10.0 Å². The molecule has 0 amide bonds. The van der Waals surface area contributed by atoms with Crippen LogP contribution in [-0.2, 0) is 11.3 Å². The van der Waals surface area contributed by atoms with E-state index in [0.717, 1.165) is 36.7 Å². The first-order chi connectivity index (χ1) is 9.52. The van der Waals surface area contributed by atoms with Crippen LogP contribution in [-0.4, -0.2) is 30.7 Å². The van der Waals surface area contributed by atoms with Crippen LogP contribution in [0.4, 0.5) is 0 Å². The minimum Gasteiger partial charge on any atom is -0.379 e. The van der Waals surface area contributed by atoms with Crippen LogP contribution < -0.4 is 5.73 Å². The van der Waals surface area contributed by atoms with E-state index in [2.05, 4.69) is 18.7 Å².